The van der Waals surface area contributed by atoms with Gasteiger partial charge in [-0.25, -0.2) is 0 Å². The van der Waals surface area contributed by atoms with Gasteiger partial charge in [0.2, 0.25) is 17.7 Å². The third kappa shape index (κ3) is 2.59. The maximum atomic E-state index is 13.7. The second-order valence-electron chi connectivity index (χ2n) is 8.80. The van der Waals surface area contributed by atoms with Crippen LogP contribution in [0.2, 0.25) is 0 Å². The van der Waals surface area contributed by atoms with E-state index in [9.17, 15) is 14.4 Å². The van der Waals surface area contributed by atoms with Crippen LogP contribution in [0.3, 0.4) is 0 Å². The molecule has 0 bridgehead atoms. The van der Waals surface area contributed by atoms with E-state index in [0.717, 1.165) is 11.1 Å². The van der Waals surface area contributed by atoms with Gasteiger partial charge in [0, 0.05) is 22.9 Å². The van der Waals surface area contributed by atoms with Crippen LogP contribution >= 0.6 is 0 Å². The summed E-state index contributed by atoms with van der Waals surface area (Å²) >= 11 is 0. The number of anilines is 1. The van der Waals surface area contributed by atoms with E-state index < -0.39 is 17.4 Å². The number of carbonyl (C=O) groups is 3. The fourth-order valence-corrected chi connectivity index (χ4v) is 5.48. The van der Waals surface area contributed by atoms with Crippen molar-refractivity contribution in [1.29, 1.82) is 0 Å². The average Bonchev–Trinajstić information content (AvgIpc) is 3.35. The number of likely N-dealkylation sites (tertiary alicyclic amines) is 1. The number of carbonyl (C=O) groups excluding carboxylic acids is 3. The van der Waals surface area contributed by atoms with Gasteiger partial charge in [-0.05, 0) is 18.1 Å². The number of fused-ring (bicyclic) bond motifs is 4. The van der Waals surface area contributed by atoms with Gasteiger partial charge in [-0.2, -0.15) is 0 Å². The van der Waals surface area contributed by atoms with Gasteiger partial charge in [0.05, 0.1) is 25.5 Å². The topological polar surface area (TPSA) is 87.7 Å². The Morgan fingerprint density at radius 1 is 1.03 bits per heavy atom. The first kappa shape index (κ1) is 19.8. The highest BCUT2D eigenvalue weighted by atomic mass is 16.5. The van der Waals surface area contributed by atoms with Crippen molar-refractivity contribution in [3.8, 4) is 5.75 Å². The molecule has 2 saturated heterocycles. The molecule has 2 aromatic carbocycles. The van der Waals surface area contributed by atoms with Crippen molar-refractivity contribution < 1.29 is 19.1 Å². The van der Waals surface area contributed by atoms with Crippen LogP contribution in [0, 0.1) is 17.8 Å². The van der Waals surface area contributed by atoms with Crippen molar-refractivity contribution in [2.24, 2.45) is 17.8 Å². The van der Waals surface area contributed by atoms with Gasteiger partial charge >= 0.3 is 0 Å². The SMILES string of the molecule is COc1ccccc1CN1C(=O)[C@@H]2[C@@H](C1=O)[C@]1(N[C@H]2C(C)C)C(=O)Nc2ccccc21. The van der Waals surface area contributed by atoms with E-state index in [-0.39, 0.29) is 36.2 Å². The second-order valence-corrected chi connectivity index (χ2v) is 8.80. The van der Waals surface area contributed by atoms with Gasteiger partial charge in [-0.15, -0.1) is 0 Å². The van der Waals surface area contributed by atoms with E-state index in [2.05, 4.69) is 10.6 Å². The molecule has 160 valence electrons. The molecule has 3 heterocycles. The van der Waals surface area contributed by atoms with Crippen LogP contribution in [0.5, 0.6) is 5.75 Å². The molecular formula is C24H25N3O4. The number of hydrogen-bond acceptors (Lipinski definition) is 5. The van der Waals surface area contributed by atoms with Gasteiger partial charge in [0.15, 0.2) is 0 Å². The van der Waals surface area contributed by atoms with Gasteiger partial charge in [-0.1, -0.05) is 50.2 Å². The van der Waals surface area contributed by atoms with E-state index in [1.165, 1.54) is 4.90 Å². The summed E-state index contributed by atoms with van der Waals surface area (Å²) in [5.74, 6) is -1.52. The zero-order valence-electron chi connectivity index (χ0n) is 17.7. The number of methoxy groups -OCH3 is 1. The Balaban J connectivity index is 1.60. The standard InChI is InChI=1S/C24H25N3O4/c1-13(2)20-18-19(24(26-20)15-9-5-6-10-16(15)25-23(24)30)22(29)27(21(18)28)12-14-8-4-7-11-17(14)31-3/h4-11,13,18-20,26H,12H2,1-3H3,(H,25,30)/t18-,19+,20+,24+/m1/s1. The van der Waals surface area contributed by atoms with Crippen LogP contribution in [-0.4, -0.2) is 35.8 Å². The summed E-state index contributed by atoms with van der Waals surface area (Å²) in [5.41, 5.74) is 0.939. The predicted molar refractivity (Wildman–Crippen MR) is 114 cm³/mol. The number of ether oxygens (including phenoxy) is 1. The minimum atomic E-state index is -1.24. The lowest BCUT2D eigenvalue weighted by Gasteiger charge is -2.30. The Morgan fingerprint density at radius 2 is 1.74 bits per heavy atom. The quantitative estimate of drug-likeness (QED) is 0.743. The highest BCUT2D eigenvalue weighted by Gasteiger charge is 2.70. The van der Waals surface area contributed by atoms with Crippen LogP contribution in [0.15, 0.2) is 48.5 Å². The summed E-state index contributed by atoms with van der Waals surface area (Å²) in [6.07, 6.45) is 0. The molecule has 0 radical (unpaired) electrons. The molecule has 7 nitrogen and oxygen atoms in total. The van der Waals surface area contributed by atoms with Crippen molar-refractivity contribution in [3.05, 3.63) is 59.7 Å². The molecule has 7 heteroatoms. The second kappa shape index (κ2) is 6.92. The Kier molecular flexibility index (Phi) is 4.41. The first-order valence-electron chi connectivity index (χ1n) is 10.6. The largest absolute Gasteiger partial charge is 0.496 e. The molecule has 4 atom stereocenters. The van der Waals surface area contributed by atoms with Crippen LogP contribution in [0.1, 0.15) is 25.0 Å². The third-order valence-electron chi connectivity index (χ3n) is 6.89. The molecule has 5 rings (SSSR count). The molecule has 2 fully saturated rings. The van der Waals surface area contributed by atoms with Gasteiger partial charge in [0.25, 0.3) is 0 Å². The fraction of sp³-hybridized carbons (Fsp3) is 0.375. The highest BCUT2D eigenvalue weighted by Crippen LogP contribution is 2.54. The molecule has 2 N–H and O–H groups in total. The zero-order valence-corrected chi connectivity index (χ0v) is 17.7. The van der Waals surface area contributed by atoms with Crippen molar-refractivity contribution in [3.63, 3.8) is 0 Å². The molecule has 0 saturated carbocycles. The first-order valence-corrected chi connectivity index (χ1v) is 10.6. The summed E-state index contributed by atoms with van der Waals surface area (Å²) in [5, 5.41) is 6.35. The van der Waals surface area contributed by atoms with Crippen LogP contribution in [0.4, 0.5) is 5.69 Å². The van der Waals surface area contributed by atoms with E-state index in [0.29, 0.717) is 11.4 Å². The molecule has 3 aliphatic rings. The van der Waals surface area contributed by atoms with E-state index in [1.54, 1.807) is 7.11 Å². The number of nitrogens with zero attached hydrogens (tertiary/aromatic N) is 1. The molecule has 0 aromatic heterocycles. The van der Waals surface area contributed by atoms with Crippen LogP contribution < -0.4 is 15.4 Å². The molecule has 31 heavy (non-hydrogen) atoms. The summed E-state index contributed by atoms with van der Waals surface area (Å²) in [6.45, 7) is 4.14. The average molecular weight is 419 g/mol. The maximum Gasteiger partial charge on any atom is 0.250 e. The first-order chi connectivity index (χ1) is 14.9. The number of nitrogens with one attached hydrogen (secondary N) is 2. The Hall–Kier alpha value is -3.19. The zero-order chi connectivity index (χ0) is 21.9. The number of rotatable bonds is 4. The summed E-state index contributed by atoms with van der Waals surface area (Å²) in [6, 6.07) is 14.5. The van der Waals surface area contributed by atoms with Gasteiger partial charge in [0.1, 0.15) is 11.3 Å². The lowest BCUT2D eigenvalue weighted by Crippen LogP contribution is -2.53. The Morgan fingerprint density at radius 3 is 2.48 bits per heavy atom. The number of hydrogen-bond donors (Lipinski definition) is 2. The third-order valence-corrected chi connectivity index (χ3v) is 6.89. The summed E-state index contributed by atoms with van der Waals surface area (Å²) in [7, 11) is 1.56. The van der Waals surface area contributed by atoms with Crippen molar-refractivity contribution in [2.45, 2.75) is 32.0 Å². The number of imide groups is 1. The van der Waals surface area contributed by atoms with E-state index in [1.807, 2.05) is 62.4 Å². The minimum Gasteiger partial charge on any atom is -0.496 e. The normalized spacial score (nSPS) is 29.0. The predicted octanol–water partition coefficient (Wildman–Crippen LogP) is 2.27. The van der Waals surface area contributed by atoms with Crippen LogP contribution in [0.25, 0.3) is 0 Å². The molecular weight excluding hydrogens is 394 g/mol. The van der Waals surface area contributed by atoms with Crippen molar-refractivity contribution >= 4 is 23.4 Å². The number of benzene rings is 2. The van der Waals surface area contributed by atoms with Gasteiger partial charge in [-0.3, -0.25) is 24.6 Å². The Bertz CT molecular complexity index is 1100. The fourth-order valence-electron chi connectivity index (χ4n) is 5.48. The lowest BCUT2D eigenvalue weighted by atomic mass is 9.76. The highest BCUT2D eigenvalue weighted by molar-refractivity contribution is 6.15. The number of para-hydroxylation sites is 2. The molecule has 3 aliphatic heterocycles. The molecule has 2 aromatic rings. The Labute approximate surface area is 180 Å². The van der Waals surface area contributed by atoms with Crippen molar-refractivity contribution in [2.75, 3.05) is 12.4 Å². The van der Waals surface area contributed by atoms with Gasteiger partial charge < -0.3 is 10.1 Å². The number of amides is 3. The minimum absolute atomic E-state index is 0.0652. The van der Waals surface area contributed by atoms with Crippen LogP contribution in [-0.2, 0) is 26.5 Å². The van der Waals surface area contributed by atoms with E-state index in [4.69, 9.17) is 4.74 Å². The lowest BCUT2D eigenvalue weighted by molar-refractivity contribution is -0.143. The van der Waals surface area contributed by atoms with Crippen molar-refractivity contribution in [1.82, 2.24) is 10.2 Å². The summed E-state index contributed by atoms with van der Waals surface area (Å²) in [4.78, 5) is 41.9. The molecule has 0 unspecified atom stereocenters. The molecule has 1 spiro atoms. The summed E-state index contributed by atoms with van der Waals surface area (Å²) < 4.78 is 5.41. The molecule has 0 aliphatic carbocycles. The monoisotopic (exact) mass is 419 g/mol. The van der Waals surface area contributed by atoms with E-state index >= 15 is 0 Å². The molecule has 3 amide bonds. The smallest absolute Gasteiger partial charge is 0.250 e. The maximum absolute atomic E-state index is 13.7.